The maximum atomic E-state index is 11.1. The van der Waals surface area contributed by atoms with Gasteiger partial charge in [0.2, 0.25) is 0 Å². The molecule has 3 N–H and O–H groups in total. The second-order valence-electron chi connectivity index (χ2n) is 8.69. The molecule has 5 aromatic carbocycles. The highest BCUT2D eigenvalue weighted by Gasteiger charge is 2.32. The molecule has 0 aromatic heterocycles. The minimum Gasteiger partial charge on any atom is -0.508 e. The van der Waals surface area contributed by atoms with Crippen molar-refractivity contribution >= 4 is 27.6 Å². The van der Waals surface area contributed by atoms with Crippen LogP contribution in [0.15, 0.2) is 97.1 Å². The minimum atomic E-state index is -0.162. The van der Waals surface area contributed by atoms with Crippen molar-refractivity contribution in [2.24, 2.45) is 0 Å². The number of aromatic hydroxyl groups is 3. The Balaban J connectivity index is 1.64. The number of fused-ring (bicyclic) bond motifs is 3. The summed E-state index contributed by atoms with van der Waals surface area (Å²) in [6, 6.07) is 29.0. The average Bonchev–Trinajstić information content (AvgIpc) is 3.23. The molecule has 160 valence electrons. The molecule has 1 aliphatic rings. The molecule has 0 saturated heterocycles. The molecule has 6 rings (SSSR count). The lowest BCUT2D eigenvalue weighted by Crippen LogP contribution is -2.11. The first-order valence-electron chi connectivity index (χ1n) is 11.0. The van der Waals surface area contributed by atoms with Gasteiger partial charge in [-0.05, 0) is 68.6 Å². The number of rotatable bonds is 3. The lowest BCUT2D eigenvalue weighted by Gasteiger charge is -2.27. The van der Waals surface area contributed by atoms with E-state index in [4.69, 9.17) is 0 Å². The van der Waals surface area contributed by atoms with Gasteiger partial charge in [0.1, 0.15) is 17.2 Å². The molecule has 3 nitrogen and oxygen atoms in total. The van der Waals surface area contributed by atoms with Gasteiger partial charge in [-0.3, -0.25) is 0 Å². The fraction of sp³-hybridized carbons (Fsp3) is 0.0667. The molecular weight excluding hydrogens is 408 g/mol. The minimum absolute atomic E-state index is 0.0212. The van der Waals surface area contributed by atoms with E-state index >= 15 is 0 Å². The van der Waals surface area contributed by atoms with Crippen molar-refractivity contribution in [2.75, 3.05) is 0 Å². The molecule has 0 amide bonds. The van der Waals surface area contributed by atoms with Crippen molar-refractivity contribution in [3.05, 3.63) is 119 Å². The van der Waals surface area contributed by atoms with Gasteiger partial charge in [-0.1, -0.05) is 72.8 Å². The zero-order chi connectivity index (χ0) is 22.5. The molecule has 33 heavy (non-hydrogen) atoms. The van der Waals surface area contributed by atoms with Crippen LogP contribution in [0.5, 0.6) is 17.2 Å². The van der Waals surface area contributed by atoms with Gasteiger partial charge in [-0.15, -0.1) is 0 Å². The van der Waals surface area contributed by atoms with Crippen LogP contribution in [0, 0.1) is 0 Å². The fourth-order valence-corrected chi connectivity index (χ4v) is 5.22. The van der Waals surface area contributed by atoms with Crippen molar-refractivity contribution in [3.8, 4) is 17.2 Å². The first kappa shape index (κ1) is 19.4. The average molecular weight is 431 g/mol. The Morgan fingerprint density at radius 3 is 2.27 bits per heavy atom. The molecule has 0 heterocycles. The van der Waals surface area contributed by atoms with E-state index in [0.717, 1.165) is 38.4 Å². The standard InChI is InChI=1S/C30H22O3/c31-23-9-12-25-20(16-23)7-11-27(25)29(22-6-5-18-3-1-2-4-19(18)15-22)30-26-13-10-24(32)17-21(26)8-14-28(30)33/h1-17,27,29,31-33H. The lowest BCUT2D eigenvalue weighted by atomic mass is 9.76. The van der Waals surface area contributed by atoms with E-state index in [1.807, 2.05) is 36.4 Å². The molecule has 0 aliphatic heterocycles. The van der Waals surface area contributed by atoms with Gasteiger partial charge in [0.25, 0.3) is 0 Å². The van der Waals surface area contributed by atoms with E-state index in [1.54, 1.807) is 30.3 Å². The van der Waals surface area contributed by atoms with E-state index in [9.17, 15) is 15.3 Å². The van der Waals surface area contributed by atoms with Crippen LogP contribution in [0.1, 0.15) is 34.1 Å². The molecule has 0 bridgehead atoms. The topological polar surface area (TPSA) is 60.7 Å². The molecule has 0 fully saturated rings. The Hall–Kier alpha value is -4.24. The molecular formula is C30H22O3. The Morgan fingerprint density at radius 2 is 1.39 bits per heavy atom. The molecule has 0 saturated carbocycles. The second-order valence-corrected chi connectivity index (χ2v) is 8.69. The van der Waals surface area contributed by atoms with E-state index in [2.05, 4.69) is 36.4 Å². The van der Waals surface area contributed by atoms with Crippen molar-refractivity contribution in [1.29, 1.82) is 0 Å². The van der Waals surface area contributed by atoms with Gasteiger partial charge in [0.05, 0.1) is 0 Å². The third-order valence-corrected chi connectivity index (χ3v) is 6.74. The van der Waals surface area contributed by atoms with Gasteiger partial charge in [-0.25, -0.2) is 0 Å². The summed E-state index contributed by atoms with van der Waals surface area (Å²) in [5, 5.41) is 35.3. The highest BCUT2D eigenvalue weighted by Crippen LogP contribution is 2.49. The molecule has 0 spiro atoms. The van der Waals surface area contributed by atoms with Crippen molar-refractivity contribution in [1.82, 2.24) is 0 Å². The van der Waals surface area contributed by atoms with Gasteiger partial charge < -0.3 is 15.3 Å². The maximum absolute atomic E-state index is 11.1. The first-order valence-corrected chi connectivity index (χ1v) is 11.0. The quantitative estimate of drug-likeness (QED) is 0.287. The van der Waals surface area contributed by atoms with Gasteiger partial charge in [-0.2, -0.15) is 0 Å². The largest absolute Gasteiger partial charge is 0.508 e. The summed E-state index contributed by atoms with van der Waals surface area (Å²) < 4.78 is 0. The number of allylic oxidation sites excluding steroid dienone is 1. The van der Waals surface area contributed by atoms with E-state index in [1.165, 1.54) is 5.39 Å². The second kappa shape index (κ2) is 7.42. The van der Waals surface area contributed by atoms with Gasteiger partial charge >= 0.3 is 0 Å². The predicted molar refractivity (Wildman–Crippen MR) is 133 cm³/mol. The van der Waals surface area contributed by atoms with Crippen molar-refractivity contribution < 1.29 is 15.3 Å². The van der Waals surface area contributed by atoms with Gasteiger partial charge in [0.15, 0.2) is 0 Å². The molecule has 2 unspecified atom stereocenters. The SMILES string of the molecule is Oc1ccc2c(c1)C=CC2C(c1ccc2ccccc2c1)c1c(O)ccc2cc(O)ccc12. The van der Waals surface area contributed by atoms with Crippen molar-refractivity contribution in [3.63, 3.8) is 0 Å². The molecule has 5 aromatic rings. The van der Waals surface area contributed by atoms with Crippen LogP contribution in [0.4, 0.5) is 0 Å². The summed E-state index contributed by atoms with van der Waals surface area (Å²) in [4.78, 5) is 0. The first-order chi connectivity index (χ1) is 16.1. The zero-order valence-corrected chi connectivity index (χ0v) is 17.8. The summed E-state index contributed by atoms with van der Waals surface area (Å²) in [5.41, 5.74) is 4.03. The summed E-state index contributed by atoms with van der Waals surface area (Å²) in [7, 11) is 0. The van der Waals surface area contributed by atoms with Crippen LogP contribution in [0.3, 0.4) is 0 Å². The number of benzene rings is 5. The Morgan fingerprint density at radius 1 is 0.636 bits per heavy atom. The van der Waals surface area contributed by atoms with Crippen LogP contribution in [0.25, 0.3) is 27.6 Å². The molecule has 0 radical (unpaired) electrons. The highest BCUT2D eigenvalue weighted by atomic mass is 16.3. The van der Waals surface area contributed by atoms with Crippen LogP contribution >= 0.6 is 0 Å². The third-order valence-electron chi connectivity index (χ3n) is 6.74. The highest BCUT2D eigenvalue weighted by molar-refractivity contribution is 5.91. The summed E-state index contributed by atoms with van der Waals surface area (Å²) >= 11 is 0. The fourth-order valence-electron chi connectivity index (χ4n) is 5.22. The van der Waals surface area contributed by atoms with E-state index in [-0.39, 0.29) is 29.1 Å². The number of hydrogen-bond donors (Lipinski definition) is 3. The smallest absolute Gasteiger partial charge is 0.120 e. The molecule has 3 heteroatoms. The maximum Gasteiger partial charge on any atom is 0.120 e. The van der Waals surface area contributed by atoms with Gasteiger partial charge in [0, 0.05) is 17.4 Å². The Bertz CT molecular complexity index is 1560. The predicted octanol–water partition coefficient (Wildman–Crippen LogP) is 7.05. The number of hydrogen-bond acceptors (Lipinski definition) is 3. The van der Waals surface area contributed by atoms with E-state index < -0.39 is 0 Å². The Kier molecular flexibility index (Phi) is 4.37. The number of phenols is 3. The van der Waals surface area contributed by atoms with Crippen LogP contribution < -0.4 is 0 Å². The Labute approximate surface area is 191 Å². The van der Waals surface area contributed by atoms with Crippen LogP contribution in [0.2, 0.25) is 0 Å². The summed E-state index contributed by atoms with van der Waals surface area (Å²) in [5.74, 6) is 0.483. The summed E-state index contributed by atoms with van der Waals surface area (Å²) in [6.45, 7) is 0. The van der Waals surface area contributed by atoms with Crippen LogP contribution in [-0.4, -0.2) is 15.3 Å². The van der Waals surface area contributed by atoms with Crippen molar-refractivity contribution in [2.45, 2.75) is 11.8 Å². The lowest BCUT2D eigenvalue weighted by molar-refractivity contribution is 0.463. The van der Waals surface area contributed by atoms with E-state index in [0.29, 0.717) is 0 Å². The zero-order valence-electron chi connectivity index (χ0n) is 17.8. The summed E-state index contributed by atoms with van der Waals surface area (Å²) in [6.07, 6.45) is 4.20. The third kappa shape index (κ3) is 3.21. The molecule has 2 atom stereocenters. The molecule has 1 aliphatic carbocycles. The monoisotopic (exact) mass is 430 g/mol. The number of phenolic OH excluding ortho intramolecular Hbond substituents is 3. The normalized spacial score (nSPS) is 15.7. The van der Waals surface area contributed by atoms with Crippen LogP contribution in [-0.2, 0) is 0 Å².